The third-order valence-corrected chi connectivity index (χ3v) is 5.34. The van der Waals surface area contributed by atoms with Gasteiger partial charge in [0.25, 0.3) is 0 Å². The second kappa shape index (κ2) is 8.26. The van der Waals surface area contributed by atoms with E-state index in [2.05, 4.69) is 32.6 Å². The van der Waals surface area contributed by atoms with Crippen molar-refractivity contribution in [3.63, 3.8) is 0 Å². The van der Waals surface area contributed by atoms with Crippen molar-refractivity contribution in [2.45, 2.75) is 78.7 Å². The number of hydrogen-bond acceptors (Lipinski definition) is 2. The molecule has 1 rings (SSSR count). The molecule has 1 aliphatic heterocycles. The molecule has 0 aromatic rings. The molecule has 0 aliphatic carbocycles. The predicted octanol–water partition coefficient (Wildman–Crippen LogP) is 4.04. The molecule has 2 nitrogen and oxygen atoms in total. The average molecular weight is 268 g/mol. The molecule has 2 N–H and O–H groups in total. The van der Waals surface area contributed by atoms with Gasteiger partial charge in [-0.15, -0.1) is 0 Å². The Labute approximate surface area is 121 Å². The van der Waals surface area contributed by atoms with Crippen molar-refractivity contribution in [3.05, 3.63) is 0 Å². The second-order valence-corrected chi connectivity index (χ2v) is 7.02. The lowest BCUT2D eigenvalue weighted by molar-refractivity contribution is 0.0848. The highest BCUT2D eigenvalue weighted by Crippen LogP contribution is 2.38. The minimum absolute atomic E-state index is 0.372. The molecular weight excluding hydrogens is 232 g/mol. The van der Waals surface area contributed by atoms with Gasteiger partial charge in [0.1, 0.15) is 0 Å². The first-order chi connectivity index (χ1) is 9.01. The molecule has 0 spiro atoms. The lowest BCUT2D eigenvalue weighted by Gasteiger charge is -2.41. The molecule has 1 saturated heterocycles. The van der Waals surface area contributed by atoms with Gasteiger partial charge in [-0.1, -0.05) is 40.0 Å². The van der Waals surface area contributed by atoms with Gasteiger partial charge in [0.2, 0.25) is 0 Å². The average Bonchev–Trinajstić information content (AvgIpc) is 2.39. The van der Waals surface area contributed by atoms with Crippen molar-refractivity contribution in [1.29, 1.82) is 0 Å². The SMILES string of the molecule is CCC1(CC)CCN(CC(C)CCCC(C)N)CC1. The summed E-state index contributed by atoms with van der Waals surface area (Å²) >= 11 is 0. The summed E-state index contributed by atoms with van der Waals surface area (Å²) in [6, 6.07) is 0.372. The number of likely N-dealkylation sites (tertiary alicyclic amines) is 1. The van der Waals surface area contributed by atoms with Crippen molar-refractivity contribution in [3.8, 4) is 0 Å². The molecule has 0 aromatic heterocycles. The normalized spacial score (nSPS) is 23.2. The minimum atomic E-state index is 0.372. The quantitative estimate of drug-likeness (QED) is 0.720. The van der Waals surface area contributed by atoms with E-state index in [1.807, 2.05) is 0 Å². The van der Waals surface area contributed by atoms with E-state index in [-0.39, 0.29) is 0 Å². The summed E-state index contributed by atoms with van der Waals surface area (Å²) in [7, 11) is 0. The van der Waals surface area contributed by atoms with Crippen LogP contribution in [0.1, 0.15) is 72.6 Å². The first-order valence-corrected chi connectivity index (χ1v) is 8.49. The predicted molar refractivity (Wildman–Crippen MR) is 85.4 cm³/mol. The number of nitrogens with zero attached hydrogens (tertiary/aromatic N) is 1. The van der Waals surface area contributed by atoms with Gasteiger partial charge < -0.3 is 10.6 Å². The van der Waals surface area contributed by atoms with E-state index in [1.165, 1.54) is 64.6 Å². The molecular formula is C17H36N2. The van der Waals surface area contributed by atoms with E-state index in [9.17, 15) is 0 Å². The summed E-state index contributed by atoms with van der Waals surface area (Å²) in [5.41, 5.74) is 6.47. The number of rotatable bonds is 8. The van der Waals surface area contributed by atoms with Crippen LogP contribution in [0.25, 0.3) is 0 Å². The van der Waals surface area contributed by atoms with Gasteiger partial charge in [-0.05, 0) is 57.0 Å². The van der Waals surface area contributed by atoms with Crippen molar-refractivity contribution in [2.24, 2.45) is 17.1 Å². The highest BCUT2D eigenvalue weighted by Gasteiger charge is 2.31. The fraction of sp³-hybridized carbons (Fsp3) is 1.00. The number of piperidine rings is 1. The topological polar surface area (TPSA) is 29.3 Å². The van der Waals surface area contributed by atoms with E-state index < -0.39 is 0 Å². The molecule has 0 amide bonds. The first-order valence-electron chi connectivity index (χ1n) is 8.49. The molecule has 1 heterocycles. The lowest BCUT2D eigenvalue weighted by Crippen LogP contribution is -2.41. The first kappa shape index (κ1) is 17.0. The molecule has 0 radical (unpaired) electrons. The summed E-state index contributed by atoms with van der Waals surface area (Å²) in [5, 5.41) is 0. The van der Waals surface area contributed by atoms with E-state index in [1.54, 1.807) is 0 Å². The summed E-state index contributed by atoms with van der Waals surface area (Å²) in [6.45, 7) is 13.2. The Morgan fingerprint density at radius 3 is 2.11 bits per heavy atom. The monoisotopic (exact) mass is 268 g/mol. The zero-order chi connectivity index (χ0) is 14.3. The van der Waals surface area contributed by atoms with Gasteiger partial charge in [-0.2, -0.15) is 0 Å². The van der Waals surface area contributed by atoms with Crippen LogP contribution in [-0.4, -0.2) is 30.6 Å². The third-order valence-electron chi connectivity index (χ3n) is 5.34. The summed E-state index contributed by atoms with van der Waals surface area (Å²) in [6.07, 6.45) is 9.35. The molecule has 19 heavy (non-hydrogen) atoms. The highest BCUT2D eigenvalue weighted by molar-refractivity contribution is 4.84. The molecule has 0 aromatic carbocycles. The fourth-order valence-electron chi connectivity index (χ4n) is 3.49. The highest BCUT2D eigenvalue weighted by atomic mass is 15.1. The molecule has 0 saturated carbocycles. The van der Waals surface area contributed by atoms with Crippen LogP contribution in [-0.2, 0) is 0 Å². The molecule has 1 aliphatic rings. The van der Waals surface area contributed by atoms with Crippen molar-refractivity contribution < 1.29 is 0 Å². The van der Waals surface area contributed by atoms with Crippen LogP contribution < -0.4 is 5.73 Å². The van der Waals surface area contributed by atoms with E-state index in [4.69, 9.17) is 5.73 Å². The molecule has 2 unspecified atom stereocenters. The zero-order valence-electron chi connectivity index (χ0n) is 13.8. The van der Waals surface area contributed by atoms with E-state index >= 15 is 0 Å². The number of hydrogen-bond donors (Lipinski definition) is 1. The summed E-state index contributed by atoms with van der Waals surface area (Å²) in [4.78, 5) is 2.69. The second-order valence-electron chi connectivity index (χ2n) is 7.02. The molecule has 0 bridgehead atoms. The van der Waals surface area contributed by atoms with Gasteiger partial charge in [0, 0.05) is 12.6 Å². The van der Waals surface area contributed by atoms with Crippen LogP contribution in [0.2, 0.25) is 0 Å². The van der Waals surface area contributed by atoms with Crippen LogP contribution in [0.15, 0.2) is 0 Å². The van der Waals surface area contributed by atoms with Crippen molar-refractivity contribution in [1.82, 2.24) is 4.90 Å². The number of nitrogens with two attached hydrogens (primary N) is 1. The largest absolute Gasteiger partial charge is 0.328 e. The van der Waals surface area contributed by atoms with E-state index in [0.29, 0.717) is 11.5 Å². The smallest absolute Gasteiger partial charge is 0.00104 e. The maximum Gasteiger partial charge on any atom is 0.00104 e. The Morgan fingerprint density at radius 1 is 1.05 bits per heavy atom. The van der Waals surface area contributed by atoms with Crippen LogP contribution in [0.4, 0.5) is 0 Å². The summed E-state index contributed by atoms with van der Waals surface area (Å²) < 4.78 is 0. The molecule has 114 valence electrons. The van der Waals surface area contributed by atoms with Crippen molar-refractivity contribution >= 4 is 0 Å². The van der Waals surface area contributed by atoms with Crippen molar-refractivity contribution in [2.75, 3.05) is 19.6 Å². The van der Waals surface area contributed by atoms with E-state index in [0.717, 1.165) is 5.92 Å². The Balaban J connectivity index is 2.21. The maximum atomic E-state index is 5.81. The Bertz CT molecular complexity index is 223. The Kier molecular flexibility index (Phi) is 7.38. The van der Waals surface area contributed by atoms with Crippen LogP contribution in [0.5, 0.6) is 0 Å². The molecule has 1 fully saturated rings. The van der Waals surface area contributed by atoms with Crippen LogP contribution >= 0.6 is 0 Å². The van der Waals surface area contributed by atoms with Crippen LogP contribution in [0, 0.1) is 11.3 Å². The van der Waals surface area contributed by atoms with Gasteiger partial charge in [0.05, 0.1) is 0 Å². The van der Waals surface area contributed by atoms with Gasteiger partial charge in [0.15, 0.2) is 0 Å². The minimum Gasteiger partial charge on any atom is -0.328 e. The Hall–Kier alpha value is -0.0800. The lowest BCUT2D eigenvalue weighted by atomic mass is 9.74. The summed E-state index contributed by atoms with van der Waals surface area (Å²) in [5.74, 6) is 0.828. The standard InChI is InChI=1S/C17H36N2/c1-5-17(6-2)10-12-19(13-11-17)14-15(3)8-7-9-16(4)18/h15-16H,5-14,18H2,1-4H3. The van der Waals surface area contributed by atoms with Gasteiger partial charge >= 0.3 is 0 Å². The van der Waals surface area contributed by atoms with Gasteiger partial charge in [-0.25, -0.2) is 0 Å². The van der Waals surface area contributed by atoms with Crippen LogP contribution in [0.3, 0.4) is 0 Å². The van der Waals surface area contributed by atoms with Gasteiger partial charge in [-0.3, -0.25) is 0 Å². The Morgan fingerprint density at radius 2 is 1.63 bits per heavy atom. The molecule has 2 heteroatoms. The molecule has 2 atom stereocenters. The zero-order valence-corrected chi connectivity index (χ0v) is 13.8. The fourth-order valence-corrected chi connectivity index (χ4v) is 3.49. The maximum absolute atomic E-state index is 5.81. The third kappa shape index (κ3) is 5.83.